The number of thiazole rings is 1. The Bertz CT molecular complexity index is 806. The topological polar surface area (TPSA) is 88.5 Å². The standard InChI is InChI=1S/C18H19ClN2O4S/c1-10-16(17(22)21-14-4-2-3-13(14)18(23)24)26-15(20-10)9-25-12-7-5-11(19)6-8-12/h5-8,13-14H,2-4,9H2,1H3,(H,21,22)(H,23,24)/t13-,14+/m0/s1. The van der Waals surface area contributed by atoms with Gasteiger partial charge in [-0.1, -0.05) is 18.0 Å². The van der Waals surface area contributed by atoms with E-state index >= 15 is 0 Å². The summed E-state index contributed by atoms with van der Waals surface area (Å²) < 4.78 is 5.66. The summed E-state index contributed by atoms with van der Waals surface area (Å²) in [5.74, 6) is -0.967. The van der Waals surface area contributed by atoms with E-state index in [4.69, 9.17) is 16.3 Å². The van der Waals surface area contributed by atoms with Crippen LogP contribution >= 0.6 is 22.9 Å². The predicted molar refractivity (Wildman–Crippen MR) is 98.9 cm³/mol. The number of aromatic nitrogens is 1. The van der Waals surface area contributed by atoms with Crippen molar-refractivity contribution >= 4 is 34.8 Å². The van der Waals surface area contributed by atoms with Crippen LogP contribution in [0.5, 0.6) is 5.75 Å². The highest BCUT2D eigenvalue weighted by Crippen LogP contribution is 2.27. The molecular weight excluding hydrogens is 376 g/mol. The lowest BCUT2D eigenvalue weighted by Crippen LogP contribution is -2.40. The molecule has 1 aromatic carbocycles. The second-order valence-corrected chi connectivity index (χ2v) is 7.74. The van der Waals surface area contributed by atoms with Crippen molar-refractivity contribution in [1.82, 2.24) is 10.3 Å². The van der Waals surface area contributed by atoms with Crippen LogP contribution in [0.15, 0.2) is 24.3 Å². The normalized spacial score (nSPS) is 19.3. The van der Waals surface area contributed by atoms with Crippen LogP contribution in [-0.4, -0.2) is 28.0 Å². The first-order valence-corrected chi connectivity index (χ1v) is 9.52. The maximum absolute atomic E-state index is 12.5. The number of carboxylic acid groups (broad SMARTS) is 1. The highest BCUT2D eigenvalue weighted by atomic mass is 35.5. The maximum Gasteiger partial charge on any atom is 0.308 e. The lowest BCUT2D eigenvalue weighted by atomic mass is 10.0. The van der Waals surface area contributed by atoms with Gasteiger partial charge in [-0.15, -0.1) is 11.3 Å². The zero-order valence-corrected chi connectivity index (χ0v) is 15.8. The van der Waals surface area contributed by atoms with Crippen molar-refractivity contribution in [1.29, 1.82) is 0 Å². The monoisotopic (exact) mass is 394 g/mol. The van der Waals surface area contributed by atoms with Gasteiger partial charge in [0.2, 0.25) is 0 Å². The van der Waals surface area contributed by atoms with Gasteiger partial charge in [0.15, 0.2) is 0 Å². The van der Waals surface area contributed by atoms with E-state index < -0.39 is 11.9 Å². The number of aliphatic carboxylic acids is 1. The Balaban J connectivity index is 1.62. The molecule has 0 aliphatic heterocycles. The van der Waals surface area contributed by atoms with Crippen LogP contribution < -0.4 is 10.1 Å². The molecule has 8 heteroatoms. The van der Waals surface area contributed by atoms with Crippen LogP contribution in [0.3, 0.4) is 0 Å². The van der Waals surface area contributed by atoms with Crippen LogP contribution in [0.25, 0.3) is 0 Å². The van der Waals surface area contributed by atoms with Crippen molar-refractivity contribution in [3.8, 4) is 5.75 Å². The van der Waals surface area contributed by atoms with E-state index in [2.05, 4.69) is 10.3 Å². The van der Waals surface area contributed by atoms with E-state index in [0.29, 0.717) is 39.2 Å². The largest absolute Gasteiger partial charge is 0.486 e. The summed E-state index contributed by atoms with van der Waals surface area (Å²) in [6, 6.07) is 6.69. The highest BCUT2D eigenvalue weighted by molar-refractivity contribution is 7.13. The zero-order chi connectivity index (χ0) is 18.7. The van der Waals surface area contributed by atoms with Crippen molar-refractivity contribution in [2.45, 2.75) is 38.8 Å². The Morgan fingerprint density at radius 2 is 2.08 bits per heavy atom. The second-order valence-electron chi connectivity index (χ2n) is 6.22. The first-order chi connectivity index (χ1) is 12.4. The number of hydrogen-bond acceptors (Lipinski definition) is 5. The van der Waals surface area contributed by atoms with Gasteiger partial charge < -0.3 is 15.2 Å². The molecule has 1 saturated carbocycles. The van der Waals surface area contributed by atoms with Crippen molar-refractivity contribution in [2.75, 3.05) is 0 Å². The number of nitrogens with one attached hydrogen (secondary N) is 1. The molecule has 0 bridgehead atoms. The molecule has 1 aromatic heterocycles. The third kappa shape index (κ3) is 4.34. The molecule has 1 aliphatic carbocycles. The highest BCUT2D eigenvalue weighted by Gasteiger charge is 2.34. The number of nitrogens with zero attached hydrogens (tertiary/aromatic N) is 1. The van der Waals surface area contributed by atoms with Crippen LogP contribution in [0.4, 0.5) is 0 Å². The lowest BCUT2D eigenvalue weighted by molar-refractivity contribution is -0.142. The molecule has 2 aromatic rings. The van der Waals surface area contributed by atoms with Gasteiger partial charge in [0.25, 0.3) is 5.91 Å². The Kier molecular flexibility index (Phi) is 5.78. The number of aryl methyl sites for hydroxylation is 1. The van der Waals surface area contributed by atoms with Gasteiger partial charge in [0, 0.05) is 11.1 Å². The third-order valence-corrected chi connectivity index (χ3v) is 5.75. The van der Waals surface area contributed by atoms with Gasteiger partial charge in [-0.3, -0.25) is 9.59 Å². The smallest absolute Gasteiger partial charge is 0.308 e. The molecule has 0 saturated heterocycles. The first kappa shape index (κ1) is 18.7. The number of carbonyl (C=O) groups is 2. The minimum absolute atomic E-state index is 0.252. The number of carboxylic acids is 1. The molecule has 1 heterocycles. The van der Waals surface area contributed by atoms with Crippen LogP contribution in [0.1, 0.15) is 39.6 Å². The van der Waals surface area contributed by atoms with Gasteiger partial charge in [-0.05, 0) is 44.0 Å². The second kappa shape index (κ2) is 8.05. The quantitative estimate of drug-likeness (QED) is 0.780. The Hall–Kier alpha value is -2.12. The Labute approximate surface area is 160 Å². The van der Waals surface area contributed by atoms with Gasteiger partial charge in [-0.2, -0.15) is 0 Å². The van der Waals surface area contributed by atoms with Crippen molar-refractivity contribution in [3.05, 3.63) is 44.9 Å². The van der Waals surface area contributed by atoms with Gasteiger partial charge >= 0.3 is 5.97 Å². The van der Waals surface area contributed by atoms with E-state index in [9.17, 15) is 14.7 Å². The molecule has 1 amide bonds. The number of hydrogen-bond donors (Lipinski definition) is 2. The first-order valence-electron chi connectivity index (χ1n) is 8.32. The summed E-state index contributed by atoms with van der Waals surface area (Å²) in [5, 5.41) is 13.4. The molecule has 3 rings (SSSR count). The molecule has 0 radical (unpaired) electrons. The number of amides is 1. The minimum Gasteiger partial charge on any atom is -0.486 e. The average Bonchev–Trinajstić information content (AvgIpc) is 3.21. The number of benzene rings is 1. The Morgan fingerprint density at radius 1 is 1.35 bits per heavy atom. The summed E-state index contributed by atoms with van der Waals surface area (Å²) in [7, 11) is 0. The van der Waals surface area contributed by atoms with Crippen molar-refractivity contribution in [3.63, 3.8) is 0 Å². The SMILES string of the molecule is Cc1nc(COc2ccc(Cl)cc2)sc1C(=O)N[C@@H]1CCC[C@@H]1C(=O)O. The molecule has 2 N–H and O–H groups in total. The molecule has 1 aliphatic rings. The van der Waals surface area contributed by atoms with E-state index in [1.807, 2.05) is 0 Å². The fraction of sp³-hybridized carbons (Fsp3) is 0.389. The van der Waals surface area contributed by atoms with E-state index in [1.54, 1.807) is 31.2 Å². The van der Waals surface area contributed by atoms with Crippen LogP contribution in [0, 0.1) is 12.8 Å². The molecule has 0 unspecified atom stereocenters. The third-order valence-electron chi connectivity index (χ3n) is 4.37. The summed E-state index contributed by atoms with van der Waals surface area (Å²) in [6.07, 6.45) is 2.10. The summed E-state index contributed by atoms with van der Waals surface area (Å²) >= 11 is 7.10. The molecule has 0 spiro atoms. The van der Waals surface area contributed by atoms with Gasteiger partial charge in [0.1, 0.15) is 22.2 Å². The van der Waals surface area contributed by atoms with Gasteiger partial charge in [0.05, 0.1) is 11.6 Å². The molecule has 2 atom stereocenters. The number of ether oxygens (including phenoxy) is 1. The van der Waals surface area contributed by atoms with E-state index in [1.165, 1.54) is 11.3 Å². The zero-order valence-electron chi connectivity index (χ0n) is 14.2. The molecule has 26 heavy (non-hydrogen) atoms. The molecule has 1 fully saturated rings. The van der Waals surface area contributed by atoms with Crippen LogP contribution in [-0.2, 0) is 11.4 Å². The minimum atomic E-state index is -0.856. The number of carbonyl (C=O) groups excluding carboxylic acids is 1. The molecule has 6 nitrogen and oxygen atoms in total. The number of rotatable bonds is 6. The molecule has 138 valence electrons. The van der Waals surface area contributed by atoms with E-state index in [-0.39, 0.29) is 18.6 Å². The molecular formula is C18H19ClN2O4S. The number of halogens is 1. The van der Waals surface area contributed by atoms with Crippen LogP contribution in [0.2, 0.25) is 5.02 Å². The predicted octanol–water partition coefficient (Wildman–Crippen LogP) is 3.67. The maximum atomic E-state index is 12.5. The summed E-state index contributed by atoms with van der Waals surface area (Å²) in [5.41, 5.74) is 0.618. The summed E-state index contributed by atoms with van der Waals surface area (Å²) in [6.45, 7) is 2.02. The fourth-order valence-electron chi connectivity index (χ4n) is 3.06. The van der Waals surface area contributed by atoms with Crippen molar-refractivity contribution < 1.29 is 19.4 Å². The fourth-order valence-corrected chi connectivity index (χ4v) is 4.07. The average molecular weight is 395 g/mol. The lowest BCUT2D eigenvalue weighted by Gasteiger charge is -2.17. The van der Waals surface area contributed by atoms with Gasteiger partial charge in [-0.25, -0.2) is 4.98 Å². The van der Waals surface area contributed by atoms with Crippen molar-refractivity contribution in [2.24, 2.45) is 5.92 Å². The summed E-state index contributed by atoms with van der Waals surface area (Å²) in [4.78, 5) is 28.7. The Morgan fingerprint density at radius 3 is 2.77 bits per heavy atom. The van der Waals surface area contributed by atoms with E-state index in [0.717, 1.165) is 6.42 Å².